The smallest absolute Gasteiger partial charge is 0.324 e. The van der Waals surface area contributed by atoms with Crippen molar-refractivity contribution in [2.75, 3.05) is 10.8 Å². The molecule has 2 heterocycles. The van der Waals surface area contributed by atoms with Crippen molar-refractivity contribution in [1.29, 1.82) is 0 Å². The number of anilines is 1. The molecule has 0 unspecified atom stereocenters. The van der Waals surface area contributed by atoms with Crippen molar-refractivity contribution in [3.05, 3.63) is 74.0 Å². The van der Waals surface area contributed by atoms with Crippen LogP contribution in [0.15, 0.2) is 59.8 Å². The zero-order valence-electron chi connectivity index (χ0n) is 18.2. The van der Waals surface area contributed by atoms with Crippen LogP contribution in [0.1, 0.15) is 12.5 Å². The lowest BCUT2D eigenvalue weighted by molar-refractivity contribution is -0.135. The first kappa shape index (κ1) is 26.5. The van der Waals surface area contributed by atoms with Crippen LogP contribution in [-0.2, 0) is 20.7 Å². The standard InChI is InChI=1S/C22H15Cl2F2IN4O4S/c1-22(25,26)12-4-20(29-28-9-12)30-10-18(27)17-8-15(2-3-19(17)30)31(11-21(32)33)36(34,35)16-6-13(23)5-14(24)7-16/h2-10H,11H2,1H3,(H,32,33). The Hall–Kier alpha value is -2.55. The number of carboxylic acids is 1. The minimum absolute atomic E-state index is 0.0663. The SMILES string of the molecule is CC(F)(F)c1cnnc(-n2cc(I)c3cc(N(CC(=O)O)S(=O)(=O)c4cc(Cl)cc(Cl)c4)ccc32)c1. The van der Waals surface area contributed by atoms with Crippen LogP contribution in [0.25, 0.3) is 16.7 Å². The minimum Gasteiger partial charge on any atom is -0.480 e. The number of halogens is 5. The number of benzene rings is 2. The van der Waals surface area contributed by atoms with Crippen LogP contribution in [0.4, 0.5) is 14.5 Å². The highest BCUT2D eigenvalue weighted by Crippen LogP contribution is 2.34. The average molecular weight is 667 g/mol. The molecule has 0 saturated heterocycles. The summed E-state index contributed by atoms with van der Waals surface area (Å²) < 4.78 is 57.3. The van der Waals surface area contributed by atoms with Crippen LogP contribution in [-0.4, -0.2) is 40.8 Å². The number of hydrogen-bond acceptors (Lipinski definition) is 5. The second-order valence-corrected chi connectivity index (χ2v) is 11.6. The topological polar surface area (TPSA) is 105 Å². The lowest BCUT2D eigenvalue weighted by Crippen LogP contribution is -2.35. The van der Waals surface area contributed by atoms with Crippen molar-refractivity contribution in [2.24, 2.45) is 0 Å². The molecule has 4 aromatic rings. The van der Waals surface area contributed by atoms with Gasteiger partial charge in [0.2, 0.25) is 0 Å². The zero-order valence-corrected chi connectivity index (χ0v) is 22.6. The number of rotatable bonds is 7. The molecule has 0 amide bonds. The second kappa shape index (κ2) is 9.72. The van der Waals surface area contributed by atoms with Crippen LogP contribution in [0.3, 0.4) is 0 Å². The monoisotopic (exact) mass is 666 g/mol. The minimum atomic E-state index is -4.37. The van der Waals surface area contributed by atoms with E-state index in [9.17, 15) is 27.1 Å². The van der Waals surface area contributed by atoms with Gasteiger partial charge in [0.05, 0.1) is 22.3 Å². The molecule has 2 aromatic carbocycles. The predicted octanol–water partition coefficient (Wildman–Crippen LogP) is 5.72. The van der Waals surface area contributed by atoms with E-state index < -0.39 is 28.5 Å². The Kier molecular flexibility index (Phi) is 7.16. The zero-order chi connectivity index (χ0) is 26.4. The summed E-state index contributed by atoms with van der Waals surface area (Å²) in [5.41, 5.74) is 0.268. The van der Waals surface area contributed by atoms with E-state index >= 15 is 0 Å². The Morgan fingerprint density at radius 2 is 1.83 bits per heavy atom. The van der Waals surface area contributed by atoms with Crippen molar-refractivity contribution in [3.63, 3.8) is 0 Å². The van der Waals surface area contributed by atoms with Gasteiger partial charge < -0.3 is 5.11 Å². The molecule has 36 heavy (non-hydrogen) atoms. The third-order valence-corrected chi connectivity index (χ3v) is 8.17. The highest BCUT2D eigenvalue weighted by Gasteiger charge is 2.29. The van der Waals surface area contributed by atoms with E-state index in [-0.39, 0.29) is 32.0 Å². The summed E-state index contributed by atoms with van der Waals surface area (Å²) in [5, 5.41) is 17.7. The van der Waals surface area contributed by atoms with E-state index in [2.05, 4.69) is 10.2 Å². The third-order valence-electron chi connectivity index (χ3n) is 5.13. The normalized spacial score (nSPS) is 12.2. The Morgan fingerprint density at radius 3 is 2.44 bits per heavy atom. The van der Waals surface area contributed by atoms with Gasteiger partial charge in [-0.05, 0) is 65.1 Å². The fraction of sp³-hybridized carbons (Fsp3) is 0.136. The highest BCUT2D eigenvalue weighted by atomic mass is 127. The van der Waals surface area contributed by atoms with Crippen LogP contribution >= 0.6 is 45.8 Å². The summed E-state index contributed by atoms with van der Waals surface area (Å²) in [5.74, 6) is -4.37. The number of alkyl halides is 2. The van der Waals surface area contributed by atoms with E-state index in [1.165, 1.54) is 41.0 Å². The summed E-state index contributed by atoms with van der Waals surface area (Å²) in [6.07, 6.45) is 2.61. The van der Waals surface area contributed by atoms with Crippen LogP contribution < -0.4 is 4.31 Å². The molecule has 0 aliphatic carbocycles. The molecular formula is C22H15Cl2F2IN4O4S. The molecule has 0 aliphatic heterocycles. The van der Waals surface area contributed by atoms with Gasteiger partial charge in [0.25, 0.3) is 15.9 Å². The van der Waals surface area contributed by atoms with Crippen LogP contribution in [0.2, 0.25) is 10.0 Å². The maximum Gasteiger partial charge on any atom is 0.324 e. The predicted molar refractivity (Wildman–Crippen MR) is 140 cm³/mol. The fourth-order valence-electron chi connectivity index (χ4n) is 3.48. The van der Waals surface area contributed by atoms with Gasteiger partial charge in [-0.1, -0.05) is 23.2 Å². The van der Waals surface area contributed by atoms with Crippen molar-refractivity contribution < 1.29 is 27.1 Å². The molecule has 0 fully saturated rings. The first-order chi connectivity index (χ1) is 16.8. The first-order valence-electron chi connectivity index (χ1n) is 10.00. The Morgan fingerprint density at radius 1 is 1.17 bits per heavy atom. The van der Waals surface area contributed by atoms with Gasteiger partial charge in [0.1, 0.15) is 6.54 Å². The molecule has 1 N–H and O–H groups in total. The summed E-state index contributed by atoms with van der Waals surface area (Å²) in [6.45, 7) is -0.115. The van der Waals surface area contributed by atoms with Crippen molar-refractivity contribution in [3.8, 4) is 5.82 Å². The van der Waals surface area contributed by atoms with Gasteiger partial charge in [-0.15, -0.1) is 5.10 Å². The maximum atomic E-state index is 13.8. The fourth-order valence-corrected chi connectivity index (χ4v) is 6.32. The van der Waals surface area contributed by atoms with Gasteiger partial charge in [-0.3, -0.25) is 13.7 Å². The number of carboxylic acid groups (broad SMARTS) is 1. The highest BCUT2D eigenvalue weighted by molar-refractivity contribution is 14.1. The van der Waals surface area contributed by atoms with Crippen molar-refractivity contribution in [2.45, 2.75) is 17.7 Å². The van der Waals surface area contributed by atoms with E-state index in [1.807, 2.05) is 22.6 Å². The number of sulfonamides is 1. The lowest BCUT2D eigenvalue weighted by atomic mass is 10.2. The number of aliphatic carboxylic acids is 1. The van der Waals surface area contributed by atoms with Gasteiger partial charge in [-0.25, -0.2) is 17.2 Å². The third kappa shape index (κ3) is 5.26. The maximum absolute atomic E-state index is 13.8. The summed E-state index contributed by atoms with van der Waals surface area (Å²) in [4.78, 5) is 11.3. The number of fused-ring (bicyclic) bond motifs is 1. The molecule has 0 aliphatic rings. The number of carbonyl (C=O) groups is 1. The molecule has 0 atom stereocenters. The summed E-state index contributed by atoms with van der Waals surface area (Å²) in [7, 11) is -4.37. The lowest BCUT2D eigenvalue weighted by Gasteiger charge is -2.23. The molecule has 0 saturated carbocycles. The Bertz CT molecular complexity index is 1590. The molecule has 0 radical (unpaired) electrons. The number of aromatic nitrogens is 3. The molecule has 2 aromatic heterocycles. The van der Waals surface area contributed by atoms with Crippen molar-refractivity contribution >= 4 is 78.4 Å². The first-order valence-corrected chi connectivity index (χ1v) is 13.3. The largest absolute Gasteiger partial charge is 0.480 e. The molecule has 8 nitrogen and oxygen atoms in total. The number of nitrogens with zero attached hydrogens (tertiary/aromatic N) is 4. The molecule has 0 spiro atoms. The van der Waals surface area contributed by atoms with Crippen LogP contribution in [0, 0.1) is 3.57 Å². The van der Waals surface area contributed by atoms with Crippen LogP contribution in [0.5, 0.6) is 0 Å². The second-order valence-electron chi connectivity index (χ2n) is 7.75. The summed E-state index contributed by atoms with van der Waals surface area (Å²) >= 11 is 13.9. The average Bonchev–Trinajstić information content (AvgIpc) is 3.12. The number of hydrogen-bond donors (Lipinski definition) is 1. The molecule has 188 valence electrons. The summed E-state index contributed by atoms with van der Waals surface area (Å²) in [6, 6.07) is 9.35. The van der Waals surface area contributed by atoms with Gasteiger partial charge in [0, 0.05) is 37.7 Å². The van der Waals surface area contributed by atoms with E-state index in [0.717, 1.165) is 17.4 Å². The molecule has 0 bridgehead atoms. The van der Waals surface area contributed by atoms with Gasteiger partial charge in [-0.2, -0.15) is 5.10 Å². The van der Waals surface area contributed by atoms with E-state index in [4.69, 9.17) is 23.2 Å². The quantitative estimate of drug-likeness (QED) is 0.253. The Balaban J connectivity index is 1.85. The molecular weight excluding hydrogens is 652 g/mol. The van der Waals surface area contributed by atoms with E-state index in [1.54, 1.807) is 12.3 Å². The molecule has 14 heteroatoms. The van der Waals surface area contributed by atoms with Gasteiger partial charge >= 0.3 is 5.97 Å². The van der Waals surface area contributed by atoms with E-state index in [0.29, 0.717) is 14.5 Å². The molecule has 4 rings (SSSR count). The van der Waals surface area contributed by atoms with Gasteiger partial charge in [0.15, 0.2) is 5.82 Å². The van der Waals surface area contributed by atoms with Crippen molar-refractivity contribution in [1.82, 2.24) is 14.8 Å². The Labute approximate surface area is 227 Å².